The number of rotatable bonds is 2. The molecule has 136 valence electrons. The molecule has 2 aliphatic heterocycles. The summed E-state index contributed by atoms with van der Waals surface area (Å²) in [5, 5.41) is 10.2. The molecule has 7 nitrogen and oxygen atoms in total. The van der Waals surface area contributed by atoms with Crippen molar-refractivity contribution in [1.29, 1.82) is 0 Å². The molecule has 4 rings (SSSR count). The second-order valence-electron chi connectivity index (χ2n) is 7.54. The molecule has 1 aromatic heterocycles. The Hall–Kier alpha value is -2.05. The molecule has 0 aromatic carbocycles. The molecule has 0 spiro atoms. The van der Waals surface area contributed by atoms with Crippen molar-refractivity contribution in [3.05, 3.63) is 11.9 Å². The fraction of sp³-hybridized carbons (Fsp3) is 0.722. The molecule has 1 saturated heterocycles. The van der Waals surface area contributed by atoms with Gasteiger partial charge < -0.3 is 15.1 Å². The lowest BCUT2D eigenvalue weighted by molar-refractivity contribution is -0.123. The predicted molar refractivity (Wildman–Crippen MR) is 94.3 cm³/mol. The molecule has 2 N–H and O–H groups in total. The van der Waals surface area contributed by atoms with Crippen LogP contribution in [0.5, 0.6) is 0 Å². The molecule has 3 heterocycles. The van der Waals surface area contributed by atoms with Crippen LogP contribution in [0, 0.1) is 5.92 Å². The molecule has 2 fully saturated rings. The Morgan fingerprint density at radius 3 is 2.80 bits per heavy atom. The minimum absolute atomic E-state index is 0.00652. The number of nitrogens with one attached hydrogen (secondary N) is 2. The minimum Gasteiger partial charge on any atom is -0.335 e. The highest BCUT2D eigenvalue weighted by molar-refractivity contribution is 5.96. The third-order valence-corrected chi connectivity index (χ3v) is 5.80. The third kappa shape index (κ3) is 3.37. The van der Waals surface area contributed by atoms with Gasteiger partial charge in [0.1, 0.15) is 0 Å². The van der Waals surface area contributed by atoms with Crippen LogP contribution in [0.25, 0.3) is 0 Å². The van der Waals surface area contributed by atoms with Crippen molar-refractivity contribution in [3.63, 3.8) is 0 Å². The van der Waals surface area contributed by atoms with Gasteiger partial charge in [0, 0.05) is 25.7 Å². The van der Waals surface area contributed by atoms with Gasteiger partial charge in [-0.05, 0) is 38.5 Å². The molecule has 7 heteroatoms. The molecule has 0 radical (unpaired) electrons. The molecule has 1 aliphatic carbocycles. The largest absolute Gasteiger partial charge is 0.335 e. The number of hydrogen-bond acceptors (Lipinski definition) is 3. The molecule has 0 unspecified atom stereocenters. The van der Waals surface area contributed by atoms with Gasteiger partial charge in [0.2, 0.25) is 5.91 Å². The normalized spacial score (nSPS) is 24.2. The number of aryl methyl sites for hydroxylation is 1. The highest BCUT2D eigenvalue weighted by atomic mass is 16.2. The van der Waals surface area contributed by atoms with Crippen LogP contribution in [0.3, 0.4) is 0 Å². The Kier molecular flexibility index (Phi) is 4.63. The zero-order valence-electron chi connectivity index (χ0n) is 14.7. The fourth-order valence-corrected chi connectivity index (χ4v) is 4.41. The van der Waals surface area contributed by atoms with E-state index in [-0.39, 0.29) is 17.9 Å². The van der Waals surface area contributed by atoms with Gasteiger partial charge in [-0.3, -0.25) is 9.89 Å². The average molecular weight is 345 g/mol. The van der Waals surface area contributed by atoms with E-state index < -0.39 is 0 Å². The number of fused-ring (bicyclic) bond motifs is 1. The van der Waals surface area contributed by atoms with E-state index in [0.29, 0.717) is 12.6 Å². The lowest BCUT2D eigenvalue weighted by atomic mass is 9.95. The van der Waals surface area contributed by atoms with Crippen LogP contribution < -0.4 is 10.2 Å². The summed E-state index contributed by atoms with van der Waals surface area (Å²) in [4.78, 5) is 29.3. The smallest absolute Gasteiger partial charge is 0.317 e. The van der Waals surface area contributed by atoms with Crippen molar-refractivity contribution in [1.82, 2.24) is 20.4 Å². The van der Waals surface area contributed by atoms with Gasteiger partial charge in [-0.15, -0.1) is 0 Å². The van der Waals surface area contributed by atoms with Gasteiger partial charge >= 0.3 is 6.03 Å². The third-order valence-electron chi connectivity index (χ3n) is 5.80. The average Bonchev–Trinajstić information content (AvgIpc) is 3.32. The number of carbonyl (C=O) groups excluding carboxylic acids is 2. The minimum atomic E-state index is -0.107. The summed E-state index contributed by atoms with van der Waals surface area (Å²) in [6, 6.07) is 0.325. The summed E-state index contributed by atoms with van der Waals surface area (Å²) in [5.41, 5.74) is 1.97. The molecule has 1 saturated carbocycles. The van der Waals surface area contributed by atoms with Crippen molar-refractivity contribution in [2.24, 2.45) is 5.92 Å². The van der Waals surface area contributed by atoms with E-state index >= 15 is 0 Å². The first-order valence-corrected chi connectivity index (χ1v) is 9.61. The van der Waals surface area contributed by atoms with Crippen LogP contribution in [0.15, 0.2) is 6.20 Å². The zero-order chi connectivity index (χ0) is 17.2. The van der Waals surface area contributed by atoms with Gasteiger partial charge in [0.25, 0.3) is 0 Å². The van der Waals surface area contributed by atoms with Gasteiger partial charge in [0.05, 0.1) is 23.5 Å². The van der Waals surface area contributed by atoms with E-state index in [1.807, 2.05) is 9.80 Å². The van der Waals surface area contributed by atoms with E-state index in [1.165, 1.54) is 12.8 Å². The van der Waals surface area contributed by atoms with Crippen molar-refractivity contribution >= 4 is 17.6 Å². The number of hydrogen-bond donors (Lipinski definition) is 2. The predicted octanol–water partition coefficient (Wildman–Crippen LogP) is 2.05. The lowest BCUT2D eigenvalue weighted by Crippen LogP contribution is -2.51. The second kappa shape index (κ2) is 7.06. The number of amides is 3. The van der Waals surface area contributed by atoms with E-state index in [4.69, 9.17) is 0 Å². The van der Waals surface area contributed by atoms with Crippen LogP contribution in [-0.4, -0.2) is 52.7 Å². The summed E-state index contributed by atoms with van der Waals surface area (Å²) >= 11 is 0. The molecular formula is C18H27N5O2. The van der Waals surface area contributed by atoms with E-state index in [2.05, 4.69) is 15.5 Å². The maximum atomic E-state index is 13.1. The number of carbonyl (C=O) groups is 2. The van der Waals surface area contributed by atoms with Crippen LogP contribution in [0.4, 0.5) is 10.5 Å². The highest BCUT2D eigenvalue weighted by Gasteiger charge is 2.34. The zero-order valence-corrected chi connectivity index (χ0v) is 14.7. The van der Waals surface area contributed by atoms with Crippen molar-refractivity contribution in [3.8, 4) is 0 Å². The van der Waals surface area contributed by atoms with Crippen LogP contribution >= 0.6 is 0 Å². The van der Waals surface area contributed by atoms with Crippen LogP contribution in [-0.2, 0) is 11.2 Å². The Morgan fingerprint density at radius 2 is 1.96 bits per heavy atom. The number of anilines is 1. The summed E-state index contributed by atoms with van der Waals surface area (Å²) in [6.45, 7) is 2.02. The number of urea groups is 1. The molecule has 1 atom stereocenters. The Labute approximate surface area is 148 Å². The molecule has 3 amide bonds. The number of aromatic amines is 1. The number of piperidine rings is 1. The fourth-order valence-electron chi connectivity index (χ4n) is 4.41. The summed E-state index contributed by atoms with van der Waals surface area (Å²) in [7, 11) is 0. The van der Waals surface area contributed by atoms with E-state index in [1.54, 1.807) is 6.20 Å². The maximum Gasteiger partial charge on any atom is 0.317 e. The van der Waals surface area contributed by atoms with Gasteiger partial charge in [-0.1, -0.05) is 12.8 Å². The molecule has 1 aromatic rings. The number of likely N-dealkylation sites (tertiary alicyclic amines) is 1. The van der Waals surface area contributed by atoms with E-state index in [9.17, 15) is 9.59 Å². The monoisotopic (exact) mass is 345 g/mol. The topological polar surface area (TPSA) is 81.3 Å². The molecule has 25 heavy (non-hydrogen) atoms. The standard InChI is InChI=1S/C18H27N5O2/c24-17(23-10-4-8-15-16(23)11-19-21-15)13-5-3-9-22(12-13)18(25)20-14-6-1-2-7-14/h11,13-14H,1-10,12H2,(H,19,21)(H,20,25)/t13-/m0/s1. The van der Waals surface area contributed by atoms with Crippen LogP contribution in [0.1, 0.15) is 50.6 Å². The quantitative estimate of drug-likeness (QED) is 0.861. The van der Waals surface area contributed by atoms with Gasteiger partial charge in [-0.25, -0.2) is 4.79 Å². The van der Waals surface area contributed by atoms with Crippen molar-refractivity contribution in [2.75, 3.05) is 24.5 Å². The van der Waals surface area contributed by atoms with Crippen molar-refractivity contribution in [2.45, 2.75) is 57.4 Å². The summed E-state index contributed by atoms with van der Waals surface area (Å²) in [6.07, 6.45) is 9.97. The first-order chi connectivity index (χ1) is 12.2. The number of H-pyrrole nitrogens is 1. The SMILES string of the molecule is O=C(NC1CCCC1)N1CCC[C@H](C(=O)N2CCCc3[nH]ncc32)C1. The van der Waals surface area contributed by atoms with Gasteiger partial charge in [-0.2, -0.15) is 5.10 Å². The van der Waals surface area contributed by atoms with Crippen LogP contribution in [0.2, 0.25) is 0 Å². The molecule has 3 aliphatic rings. The van der Waals surface area contributed by atoms with E-state index in [0.717, 1.165) is 63.0 Å². The first-order valence-electron chi connectivity index (χ1n) is 9.61. The Bertz CT molecular complexity index is 637. The molecular weight excluding hydrogens is 318 g/mol. The Balaban J connectivity index is 1.39. The van der Waals surface area contributed by atoms with Gasteiger partial charge in [0.15, 0.2) is 0 Å². The number of aromatic nitrogens is 2. The summed E-state index contributed by atoms with van der Waals surface area (Å²) in [5.74, 6) is 0.0321. The maximum absolute atomic E-state index is 13.1. The Morgan fingerprint density at radius 1 is 1.12 bits per heavy atom. The lowest BCUT2D eigenvalue weighted by Gasteiger charge is -2.36. The highest BCUT2D eigenvalue weighted by Crippen LogP contribution is 2.28. The second-order valence-corrected chi connectivity index (χ2v) is 7.54. The number of nitrogens with zero attached hydrogens (tertiary/aromatic N) is 3. The molecule has 0 bridgehead atoms. The summed E-state index contributed by atoms with van der Waals surface area (Å²) < 4.78 is 0. The first kappa shape index (κ1) is 16.4. The van der Waals surface area contributed by atoms with Crippen molar-refractivity contribution < 1.29 is 9.59 Å².